The first-order chi connectivity index (χ1) is 8.31. The molecule has 2 rings (SSSR count). The molecular weight excluding hydrogens is 230 g/mol. The standard InChI is InChI=1S/C15H22ClN/c1-2-3-10-17-11-9-14(15(16)12-17)13-7-5-4-6-8-13/h4-8,14-15H,2-3,9-12H2,1H3/t14-,15+/m0/s1. The molecule has 1 saturated heterocycles. The largest absolute Gasteiger partial charge is 0.302 e. The number of benzene rings is 1. The Bertz CT molecular complexity index is 325. The number of halogens is 1. The van der Waals surface area contributed by atoms with Crippen LogP contribution in [0.2, 0.25) is 0 Å². The molecular formula is C15H22ClN. The number of rotatable bonds is 4. The average molecular weight is 252 g/mol. The van der Waals surface area contributed by atoms with Crippen LogP contribution in [0.4, 0.5) is 0 Å². The summed E-state index contributed by atoms with van der Waals surface area (Å²) in [6.07, 6.45) is 3.76. The maximum absolute atomic E-state index is 6.55. The second-order valence-corrected chi connectivity index (χ2v) is 5.54. The number of alkyl halides is 1. The molecule has 1 nitrogen and oxygen atoms in total. The van der Waals surface area contributed by atoms with Gasteiger partial charge in [0, 0.05) is 12.5 Å². The van der Waals surface area contributed by atoms with Crippen molar-refractivity contribution in [2.45, 2.75) is 37.5 Å². The minimum Gasteiger partial charge on any atom is -0.302 e. The monoisotopic (exact) mass is 251 g/mol. The van der Waals surface area contributed by atoms with E-state index in [4.69, 9.17) is 11.6 Å². The third-order valence-electron chi connectivity index (χ3n) is 3.68. The van der Waals surface area contributed by atoms with Crippen LogP contribution in [0.5, 0.6) is 0 Å². The molecule has 94 valence electrons. The SMILES string of the molecule is CCCCN1CC[C@@H](c2ccccc2)[C@H](Cl)C1. The van der Waals surface area contributed by atoms with Crippen LogP contribution in [0.1, 0.15) is 37.7 Å². The predicted octanol–water partition coefficient (Wildman–Crippen LogP) is 3.88. The Morgan fingerprint density at radius 1 is 1.29 bits per heavy atom. The smallest absolute Gasteiger partial charge is 0.0532 e. The van der Waals surface area contributed by atoms with Crippen LogP contribution in [0.15, 0.2) is 30.3 Å². The molecule has 0 N–H and O–H groups in total. The number of nitrogens with zero attached hydrogens (tertiary/aromatic N) is 1. The predicted molar refractivity (Wildman–Crippen MR) is 74.8 cm³/mol. The molecule has 0 aliphatic carbocycles. The molecule has 17 heavy (non-hydrogen) atoms. The summed E-state index contributed by atoms with van der Waals surface area (Å²) in [5.41, 5.74) is 1.41. The highest BCUT2D eigenvalue weighted by molar-refractivity contribution is 6.21. The maximum atomic E-state index is 6.55. The number of unbranched alkanes of at least 4 members (excludes halogenated alkanes) is 1. The van der Waals surface area contributed by atoms with Crippen molar-refractivity contribution >= 4 is 11.6 Å². The summed E-state index contributed by atoms with van der Waals surface area (Å²) in [5.74, 6) is 0.538. The first kappa shape index (κ1) is 12.9. The first-order valence-electron chi connectivity index (χ1n) is 6.72. The summed E-state index contributed by atoms with van der Waals surface area (Å²) >= 11 is 6.55. The summed E-state index contributed by atoms with van der Waals surface area (Å²) in [4.78, 5) is 2.51. The van der Waals surface area contributed by atoms with Gasteiger partial charge in [-0.2, -0.15) is 0 Å². The first-order valence-corrected chi connectivity index (χ1v) is 7.16. The van der Waals surface area contributed by atoms with E-state index in [0.717, 1.165) is 6.54 Å². The van der Waals surface area contributed by atoms with Gasteiger partial charge in [-0.1, -0.05) is 43.7 Å². The summed E-state index contributed by atoms with van der Waals surface area (Å²) in [6.45, 7) is 5.69. The fourth-order valence-corrected chi connectivity index (χ4v) is 3.09. The van der Waals surface area contributed by atoms with E-state index < -0.39 is 0 Å². The molecule has 1 fully saturated rings. The Morgan fingerprint density at radius 3 is 2.71 bits per heavy atom. The topological polar surface area (TPSA) is 3.24 Å². The molecule has 0 bridgehead atoms. The Balaban J connectivity index is 1.92. The number of hydrogen-bond donors (Lipinski definition) is 0. The molecule has 1 heterocycles. The van der Waals surface area contributed by atoms with Crippen molar-refractivity contribution in [3.8, 4) is 0 Å². The second kappa shape index (κ2) is 6.42. The normalized spacial score (nSPS) is 26.0. The van der Waals surface area contributed by atoms with Gasteiger partial charge in [0.1, 0.15) is 0 Å². The lowest BCUT2D eigenvalue weighted by atomic mass is 9.89. The summed E-state index contributed by atoms with van der Waals surface area (Å²) < 4.78 is 0. The molecule has 1 aliphatic rings. The van der Waals surface area contributed by atoms with Gasteiger partial charge >= 0.3 is 0 Å². The van der Waals surface area contributed by atoms with Gasteiger partial charge in [0.15, 0.2) is 0 Å². The average Bonchev–Trinajstić information content (AvgIpc) is 2.37. The zero-order chi connectivity index (χ0) is 12.1. The van der Waals surface area contributed by atoms with Gasteiger partial charge in [0.2, 0.25) is 0 Å². The fraction of sp³-hybridized carbons (Fsp3) is 0.600. The lowest BCUT2D eigenvalue weighted by Crippen LogP contribution is -2.40. The second-order valence-electron chi connectivity index (χ2n) is 4.98. The van der Waals surface area contributed by atoms with Crippen molar-refractivity contribution in [1.82, 2.24) is 4.90 Å². The third kappa shape index (κ3) is 3.46. The van der Waals surface area contributed by atoms with Crippen molar-refractivity contribution in [3.63, 3.8) is 0 Å². The summed E-state index contributed by atoms with van der Waals surface area (Å²) in [5, 5.41) is 0.267. The van der Waals surface area contributed by atoms with Crippen LogP contribution < -0.4 is 0 Å². The molecule has 0 aromatic heterocycles. The zero-order valence-corrected chi connectivity index (χ0v) is 11.4. The fourth-order valence-electron chi connectivity index (χ4n) is 2.63. The van der Waals surface area contributed by atoms with E-state index in [1.54, 1.807) is 0 Å². The van der Waals surface area contributed by atoms with Crippen molar-refractivity contribution in [1.29, 1.82) is 0 Å². The molecule has 0 amide bonds. The van der Waals surface area contributed by atoms with Crippen LogP contribution in [0.25, 0.3) is 0 Å². The number of hydrogen-bond acceptors (Lipinski definition) is 1. The maximum Gasteiger partial charge on any atom is 0.0532 e. The molecule has 0 saturated carbocycles. The van der Waals surface area contributed by atoms with Gasteiger partial charge in [-0.15, -0.1) is 11.6 Å². The molecule has 1 aromatic rings. The van der Waals surface area contributed by atoms with Crippen LogP contribution in [0.3, 0.4) is 0 Å². The van der Waals surface area contributed by atoms with E-state index in [2.05, 4.69) is 42.2 Å². The zero-order valence-electron chi connectivity index (χ0n) is 10.6. The Morgan fingerprint density at radius 2 is 2.06 bits per heavy atom. The van der Waals surface area contributed by atoms with E-state index in [9.17, 15) is 0 Å². The number of likely N-dealkylation sites (tertiary alicyclic amines) is 1. The quantitative estimate of drug-likeness (QED) is 0.734. The lowest BCUT2D eigenvalue weighted by Gasteiger charge is -2.35. The lowest BCUT2D eigenvalue weighted by molar-refractivity contribution is 0.213. The van der Waals surface area contributed by atoms with E-state index >= 15 is 0 Å². The Labute approximate surface area is 110 Å². The van der Waals surface area contributed by atoms with Crippen molar-refractivity contribution < 1.29 is 0 Å². The van der Waals surface area contributed by atoms with Gasteiger partial charge in [0.25, 0.3) is 0 Å². The van der Waals surface area contributed by atoms with E-state index in [-0.39, 0.29) is 5.38 Å². The molecule has 0 radical (unpaired) electrons. The molecule has 0 spiro atoms. The highest BCUT2D eigenvalue weighted by Gasteiger charge is 2.28. The Kier molecular flexibility index (Phi) is 4.87. The summed E-state index contributed by atoms with van der Waals surface area (Å²) in [6, 6.07) is 10.7. The van der Waals surface area contributed by atoms with E-state index in [1.807, 2.05) is 0 Å². The van der Waals surface area contributed by atoms with Crippen molar-refractivity contribution in [2.75, 3.05) is 19.6 Å². The molecule has 2 atom stereocenters. The minimum absolute atomic E-state index is 0.267. The third-order valence-corrected chi connectivity index (χ3v) is 4.12. The van der Waals surface area contributed by atoms with Crippen molar-refractivity contribution in [2.24, 2.45) is 0 Å². The van der Waals surface area contributed by atoms with Gasteiger partial charge in [0.05, 0.1) is 5.38 Å². The Hall–Kier alpha value is -0.530. The van der Waals surface area contributed by atoms with Gasteiger partial charge in [-0.05, 0) is 31.5 Å². The molecule has 1 aromatic carbocycles. The molecule has 1 aliphatic heterocycles. The van der Waals surface area contributed by atoms with Gasteiger partial charge in [-0.25, -0.2) is 0 Å². The minimum atomic E-state index is 0.267. The van der Waals surface area contributed by atoms with Gasteiger partial charge < -0.3 is 4.90 Å². The van der Waals surface area contributed by atoms with Gasteiger partial charge in [-0.3, -0.25) is 0 Å². The van der Waals surface area contributed by atoms with Crippen LogP contribution in [0, 0.1) is 0 Å². The van der Waals surface area contributed by atoms with Crippen LogP contribution in [-0.4, -0.2) is 29.9 Å². The summed E-state index contributed by atoms with van der Waals surface area (Å²) in [7, 11) is 0. The number of piperidine rings is 1. The van der Waals surface area contributed by atoms with Crippen LogP contribution in [-0.2, 0) is 0 Å². The molecule has 2 heteroatoms. The van der Waals surface area contributed by atoms with Crippen LogP contribution >= 0.6 is 11.6 Å². The molecule has 0 unspecified atom stereocenters. The van der Waals surface area contributed by atoms with E-state index in [0.29, 0.717) is 5.92 Å². The highest BCUT2D eigenvalue weighted by atomic mass is 35.5. The van der Waals surface area contributed by atoms with E-state index in [1.165, 1.54) is 37.9 Å². The van der Waals surface area contributed by atoms with Crippen molar-refractivity contribution in [3.05, 3.63) is 35.9 Å². The highest BCUT2D eigenvalue weighted by Crippen LogP contribution is 2.31.